The molecule has 0 fully saturated rings. The Morgan fingerprint density at radius 1 is 1.09 bits per heavy atom. The van der Waals surface area contributed by atoms with Gasteiger partial charge in [0.05, 0.1) is 22.5 Å². The van der Waals surface area contributed by atoms with Gasteiger partial charge in [0.2, 0.25) is 0 Å². The van der Waals surface area contributed by atoms with Gasteiger partial charge < -0.3 is 0 Å². The molecule has 0 amide bonds. The van der Waals surface area contributed by atoms with Gasteiger partial charge in [-0.25, -0.2) is 8.42 Å². The highest BCUT2D eigenvalue weighted by molar-refractivity contribution is 7.92. The maximum absolute atomic E-state index is 12.8. The zero-order chi connectivity index (χ0) is 16.7. The molecule has 0 unspecified atom stereocenters. The maximum Gasteiger partial charge on any atom is 0.262 e. The summed E-state index contributed by atoms with van der Waals surface area (Å²) < 4.78 is 30.1. The van der Waals surface area contributed by atoms with Crippen LogP contribution in [0, 0.1) is 34.6 Å². The molecule has 0 saturated heterocycles. The molecular weight excluding hydrogens is 298 g/mol. The molecular formula is C16H23N3O2S. The minimum atomic E-state index is -3.64. The minimum absolute atomic E-state index is 0.369. The molecule has 0 bridgehead atoms. The summed E-state index contributed by atoms with van der Waals surface area (Å²) in [7, 11) is -3.64. The molecule has 22 heavy (non-hydrogen) atoms. The second kappa shape index (κ2) is 5.76. The second-order valence-corrected chi connectivity index (χ2v) is 7.27. The number of hydrogen-bond donors (Lipinski definition) is 1. The number of sulfonamides is 1. The van der Waals surface area contributed by atoms with E-state index in [4.69, 9.17) is 0 Å². The molecule has 0 aliphatic rings. The van der Waals surface area contributed by atoms with Crippen LogP contribution in [0.3, 0.4) is 0 Å². The summed E-state index contributed by atoms with van der Waals surface area (Å²) in [5.41, 5.74) is 4.87. The third-order valence-corrected chi connectivity index (χ3v) is 5.85. The number of aromatic nitrogens is 2. The fourth-order valence-electron chi connectivity index (χ4n) is 2.65. The number of nitrogens with one attached hydrogen (secondary N) is 1. The van der Waals surface area contributed by atoms with Gasteiger partial charge in [0.1, 0.15) is 0 Å². The van der Waals surface area contributed by atoms with Crippen molar-refractivity contribution in [3.8, 4) is 0 Å². The van der Waals surface area contributed by atoms with E-state index < -0.39 is 10.0 Å². The highest BCUT2D eigenvalue weighted by Crippen LogP contribution is 2.28. The van der Waals surface area contributed by atoms with Gasteiger partial charge in [-0.3, -0.25) is 9.40 Å². The van der Waals surface area contributed by atoms with E-state index in [1.54, 1.807) is 10.9 Å². The molecule has 1 N–H and O–H groups in total. The molecule has 0 radical (unpaired) electrons. The number of anilines is 1. The molecule has 6 heteroatoms. The normalized spacial score (nSPS) is 11.7. The Bertz CT molecular complexity index is 794. The Kier molecular flexibility index (Phi) is 4.33. The van der Waals surface area contributed by atoms with E-state index in [-0.39, 0.29) is 0 Å². The first-order valence-corrected chi connectivity index (χ1v) is 8.80. The number of rotatable bonds is 4. The lowest BCUT2D eigenvalue weighted by Crippen LogP contribution is -2.17. The zero-order valence-electron chi connectivity index (χ0n) is 14.0. The molecule has 120 valence electrons. The topological polar surface area (TPSA) is 64.0 Å². The molecule has 0 spiro atoms. The van der Waals surface area contributed by atoms with Crippen molar-refractivity contribution in [1.82, 2.24) is 9.78 Å². The average Bonchev–Trinajstić information content (AvgIpc) is 2.77. The summed E-state index contributed by atoms with van der Waals surface area (Å²) in [5, 5.41) is 4.18. The first kappa shape index (κ1) is 16.5. The van der Waals surface area contributed by atoms with Crippen molar-refractivity contribution in [3.05, 3.63) is 40.2 Å². The van der Waals surface area contributed by atoms with Crippen LogP contribution >= 0.6 is 0 Å². The van der Waals surface area contributed by atoms with Crippen LogP contribution in [0.2, 0.25) is 0 Å². The summed E-state index contributed by atoms with van der Waals surface area (Å²) in [6.45, 7) is 12.1. The van der Waals surface area contributed by atoms with Crippen molar-refractivity contribution in [2.75, 3.05) is 4.72 Å². The Balaban J connectivity index is 2.54. The van der Waals surface area contributed by atoms with Crippen LogP contribution < -0.4 is 4.72 Å². The summed E-state index contributed by atoms with van der Waals surface area (Å²) in [6, 6.07) is 2.02. The standard InChI is InChI=1S/C16H23N3O2S/c1-7-19-14(6)15(9-17-19)18-22(20,21)16-12(4)10(2)8-11(3)13(16)5/h8-9,18H,7H2,1-6H3. The number of benzene rings is 1. The summed E-state index contributed by atoms with van der Waals surface area (Å²) in [4.78, 5) is 0.369. The fraction of sp³-hybridized carbons (Fsp3) is 0.438. The number of hydrogen-bond acceptors (Lipinski definition) is 3. The zero-order valence-corrected chi connectivity index (χ0v) is 14.8. The first-order chi connectivity index (χ1) is 10.2. The van der Waals surface area contributed by atoms with E-state index in [1.807, 2.05) is 47.6 Å². The molecule has 1 aromatic carbocycles. The summed E-state index contributed by atoms with van der Waals surface area (Å²) >= 11 is 0. The van der Waals surface area contributed by atoms with E-state index in [0.29, 0.717) is 17.1 Å². The third kappa shape index (κ3) is 2.75. The second-order valence-electron chi connectivity index (χ2n) is 5.65. The lowest BCUT2D eigenvalue weighted by molar-refractivity contribution is 0.599. The lowest BCUT2D eigenvalue weighted by atomic mass is 10.0. The van der Waals surface area contributed by atoms with Crippen molar-refractivity contribution in [2.24, 2.45) is 0 Å². The Morgan fingerprint density at radius 3 is 2.09 bits per heavy atom. The number of nitrogens with zero attached hydrogens (tertiary/aromatic N) is 2. The van der Waals surface area contributed by atoms with Gasteiger partial charge in [-0.05, 0) is 63.8 Å². The molecule has 0 aliphatic carbocycles. The van der Waals surface area contributed by atoms with Gasteiger partial charge in [0.25, 0.3) is 10.0 Å². The van der Waals surface area contributed by atoms with E-state index in [9.17, 15) is 8.42 Å². The molecule has 2 rings (SSSR count). The maximum atomic E-state index is 12.8. The van der Waals surface area contributed by atoms with Gasteiger partial charge in [-0.1, -0.05) is 6.07 Å². The Hall–Kier alpha value is -1.82. The molecule has 5 nitrogen and oxygen atoms in total. The van der Waals surface area contributed by atoms with Crippen molar-refractivity contribution in [2.45, 2.75) is 53.0 Å². The molecule has 0 aliphatic heterocycles. The number of aryl methyl sites for hydroxylation is 3. The molecule has 0 atom stereocenters. The summed E-state index contributed by atoms with van der Waals surface area (Å²) in [5.74, 6) is 0. The first-order valence-electron chi connectivity index (χ1n) is 7.31. The molecule has 2 aromatic rings. The van der Waals surface area contributed by atoms with Gasteiger partial charge in [0, 0.05) is 6.54 Å². The molecule has 1 heterocycles. The average molecular weight is 321 g/mol. The van der Waals surface area contributed by atoms with Crippen molar-refractivity contribution < 1.29 is 8.42 Å². The minimum Gasteiger partial charge on any atom is -0.276 e. The Labute approximate surface area is 132 Å². The SMILES string of the molecule is CCn1ncc(NS(=O)(=O)c2c(C)c(C)cc(C)c2C)c1C. The van der Waals surface area contributed by atoms with Crippen LogP contribution in [0.1, 0.15) is 34.9 Å². The smallest absolute Gasteiger partial charge is 0.262 e. The Morgan fingerprint density at radius 2 is 1.64 bits per heavy atom. The quantitative estimate of drug-likeness (QED) is 0.940. The van der Waals surface area contributed by atoms with Crippen LogP contribution in [0.15, 0.2) is 17.2 Å². The van der Waals surface area contributed by atoms with Gasteiger partial charge in [-0.2, -0.15) is 5.10 Å². The lowest BCUT2D eigenvalue weighted by Gasteiger charge is -2.16. The van der Waals surface area contributed by atoms with Crippen LogP contribution in [0.25, 0.3) is 0 Å². The third-order valence-electron chi connectivity index (χ3n) is 4.21. The van der Waals surface area contributed by atoms with Crippen molar-refractivity contribution >= 4 is 15.7 Å². The van der Waals surface area contributed by atoms with Crippen LogP contribution in [-0.2, 0) is 16.6 Å². The van der Waals surface area contributed by atoms with Gasteiger partial charge in [-0.15, -0.1) is 0 Å². The van der Waals surface area contributed by atoms with E-state index in [1.165, 1.54) is 0 Å². The molecule has 0 saturated carbocycles. The van der Waals surface area contributed by atoms with Gasteiger partial charge in [0.15, 0.2) is 0 Å². The van der Waals surface area contributed by atoms with Crippen molar-refractivity contribution in [3.63, 3.8) is 0 Å². The highest BCUT2D eigenvalue weighted by atomic mass is 32.2. The fourth-order valence-corrected chi connectivity index (χ4v) is 4.37. The van der Waals surface area contributed by atoms with E-state index >= 15 is 0 Å². The van der Waals surface area contributed by atoms with E-state index in [0.717, 1.165) is 27.9 Å². The predicted molar refractivity (Wildman–Crippen MR) is 88.8 cm³/mol. The monoisotopic (exact) mass is 321 g/mol. The molecule has 1 aromatic heterocycles. The highest BCUT2D eigenvalue weighted by Gasteiger charge is 2.23. The van der Waals surface area contributed by atoms with Crippen molar-refractivity contribution in [1.29, 1.82) is 0 Å². The van der Waals surface area contributed by atoms with Crippen LogP contribution in [0.4, 0.5) is 5.69 Å². The largest absolute Gasteiger partial charge is 0.276 e. The van der Waals surface area contributed by atoms with Gasteiger partial charge >= 0.3 is 0 Å². The van der Waals surface area contributed by atoms with E-state index in [2.05, 4.69) is 9.82 Å². The summed E-state index contributed by atoms with van der Waals surface area (Å²) in [6.07, 6.45) is 1.56. The predicted octanol–water partition coefficient (Wildman–Crippen LogP) is 3.25. The van der Waals surface area contributed by atoms with Crippen LogP contribution in [-0.4, -0.2) is 18.2 Å². The van der Waals surface area contributed by atoms with Crippen LogP contribution in [0.5, 0.6) is 0 Å².